The third-order valence-corrected chi connectivity index (χ3v) is 3.46. The molecule has 3 heterocycles. The molecule has 0 radical (unpaired) electrons. The van der Waals surface area contributed by atoms with E-state index in [2.05, 4.69) is 10.5 Å². The van der Waals surface area contributed by atoms with E-state index in [9.17, 15) is 9.59 Å². The van der Waals surface area contributed by atoms with Gasteiger partial charge in [-0.25, -0.2) is 4.79 Å². The van der Waals surface area contributed by atoms with Gasteiger partial charge in [0.05, 0.1) is 11.8 Å². The van der Waals surface area contributed by atoms with E-state index in [-0.39, 0.29) is 16.3 Å². The van der Waals surface area contributed by atoms with Gasteiger partial charge in [-0.2, -0.15) is 0 Å². The Hall–Kier alpha value is -2.87. The van der Waals surface area contributed by atoms with Crippen LogP contribution in [0.25, 0.3) is 11.5 Å². The lowest BCUT2D eigenvalue weighted by Crippen LogP contribution is -2.13. The van der Waals surface area contributed by atoms with Crippen molar-refractivity contribution < 1.29 is 23.6 Å². The zero-order valence-corrected chi connectivity index (χ0v) is 11.2. The number of aromatic nitrogens is 1. The number of carboxylic acid groups (broad SMARTS) is 1. The number of carbonyl (C=O) groups excluding carboxylic acids is 1. The number of furan rings is 1. The molecule has 0 spiro atoms. The van der Waals surface area contributed by atoms with Gasteiger partial charge in [0, 0.05) is 6.07 Å². The molecule has 106 valence electrons. The first kappa shape index (κ1) is 13.1. The van der Waals surface area contributed by atoms with Crippen molar-refractivity contribution in [3.05, 3.63) is 47.2 Å². The maximum atomic E-state index is 12.0. The summed E-state index contributed by atoms with van der Waals surface area (Å²) in [5.74, 6) is -0.900. The van der Waals surface area contributed by atoms with Crippen molar-refractivity contribution in [2.24, 2.45) is 0 Å². The molecule has 21 heavy (non-hydrogen) atoms. The quantitative estimate of drug-likeness (QED) is 0.767. The highest BCUT2D eigenvalue weighted by Gasteiger charge is 2.18. The topological polar surface area (TPSA) is 106 Å². The first-order valence-electron chi connectivity index (χ1n) is 5.78. The average molecular weight is 304 g/mol. The third-order valence-electron chi connectivity index (χ3n) is 2.63. The highest BCUT2D eigenvalue weighted by atomic mass is 32.1. The Kier molecular flexibility index (Phi) is 3.28. The average Bonchev–Trinajstić information content (AvgIpc) is 3.19. The van der Waals surface area contributed by atoms with Crippen LogP contribution < -0.4 is 5.32 Å². The molecule has 1 amide bonds. The van der Waals surface area contributed by atoms with Gasteiger partial charge in [0.2, 0.25) is 5.76 Å². The van der Waals surface area contributed by atoms with Gasteiger partial charge in [-0.3, -0.25) is 4.79 Å². The molecule has 0 unspecified atom stereocenters. The SMILES string of the molecule is O=C(Nc1sccc1C(=O)O)c1cc(-c2ccco2)on1. The molecule has 0 aliphatic rings. The van der Waals surface area contributed by atoms with Gasteiger partial charge in [-0.15, -0.1) is 11.3 Å². The molecule has 2 N–H and O–H groups in total. The number of thiophene rings is 1. The highest BCUT2D eigenvalue weighted by molar-refractivity contribution is 7.14. The van der Waals surface area contributed by atoms with Crippen LogP contribution in [0.15, 0.2) is 44.8 Å². The summed E-state index contributed by atoms with van der Waals surface area (Å²) in [4.78, 5) is 23.0. The number of nitrogens with one attached hydrogen (secondary N) is 1. The Labute approximate surface area is 121 Å². The first-order valence-corrected chi connectivity index (χ1v) is 6.66. The molecule has 8 heteroatoms. The number of hydrogen-bond donors (Lipinski definition) is 2. The lowest BCUT2D eigenvalue weighted by Gasteiger charge is -2.00. The van der Waals surface area contributed by atoms with E-state index in [0.717, 1.165) is 11.3 Å². The lowest BCUT2D eigenvalue weighted by molar-refractivity contribution is 0.0698. The van der Waals surface area contributed by atoms with Gasteiger partial charge in [0.25, 0.3) is 5.91 Å². The monoisotopic (exact) mass is 304 g/mol. The van der Waals surface area contributed by atoms with Gasteiger partial charge in [0.15, 0.2) is 11.5 Å². The molecule has 0 atom stereocenters. The van der Waals surface area contributed by atoms with Crippen LogP contribution in [0.5, 0.6) is 0 Å². The Balaban J connectivity index is 1.80. The van der Waals surface area contributed by atoms with Crippen LogP contribution in [0.1, 0.15) is 20.8 Å². The fourth-order valence-electron chi connectivity index (χ4n) is 1.66. The molecular weight excluding hydrogens is 296 g/mol. The van der Waals surface area contributed by atoms with E-state index in [0.29, 0.717) is 11.5 Å². The van der Waals surface area contributed by atoms with Crippen LogP contribution >= 0.6 is 11.3 Å². The standard InChI is InChI=1S/C13H8N2O5S/c16-11(14-12-7(13(17)18)3-5-21-12)8-6-10(20-15-8)9-2-1-4-19-9/h1-6H,(H,14,16)(H,17,18). The molecule has 7 nitrogen and oxygen atoms in total. The van der Waals surface area contributed by atoms with E-state index in [1.807, 2.05) is 0 Å². The molecule has 0 saturated heterocycles. The minimum Gasteiger partial charge on any atom is -0.478 e. The number of anilines is 1. The molecule has 3 aromatic heterocycles. The molecule has 0 aliphatic carbocycles. The van der Waals surface area contributed by atoms with Gasteiger partial charge in [-0.05, 0) is 23.6 Å². The minimum atomic E-state index is -1.11. The van der Waals surface area contributed by atoms with Crippen LogP contribution in [0.3, 0.4) is 0 Å². The summed E-state index contributed by atoms with van der Waals surface area (Å²) < 4.78 is 10.1. The van der Waals surface area contributed by atoms with Crippen molar-refractivity contribution in [3.63, 3.8) is 0 Å². The minimum absolute atomic E-state index is 0.0307. The molecule has 3 aromatic rings. The van der Waals surface area contributed by atoms with Crippen molar-refractivity contribution >= 4 is 28.2 Å². The third kappa shape index (κ3) is 2.56. The van der Waals surface area contributed by atoms with Gasteiger partial charge >= 0.3 is 5.97 Å². The second-order valence-electron chi connectivity index (χ2n) is 3.98. The first-order chi connectivity index (χ1) is 10.1. The maximum Gasteiger partial charge on any atom is 0.338 e. The number of carbonyl (C=O) groups is 2. The number of amides is 1. The predicted octanol–water partition coefficient (Wildman–Crippen LogP) is 2.95. The number of aromatic carboxylic acids is 1. The van der Waals surface area contributed by atoms with E-state index in [1.165, 1.54) is 18.4 Å². The number of carboxylic acids is 1. The summed E-state index contributed by atoms with van der Waals surface area (Å²) in [6.45, 7) is 0. The largest absolute Gasteiger partial charge is 0.478 e. The summed E-state index contributed by atoms with van der Waals surface area (Å²) >= 11 is 1.12. The van der Waals surface area contributed by atoms with Crippen molar-refractivity contribution in [3.8, 4) is 11.5 Å². The second-order valence-corrected chi connectivity index (χ2v) is 4.89. The van der Waals surface area contributed by atoms with E-state index in [4.69, 9.17) is 14.0 Å². The fourth-order valence-corrected chi connectivity index (χ4v) is 2.43. The lowest BCUT2D eigenvalue weighted by atomic mass is 10.3. The smallest absolute Gasteiger partial charge is 0.338 e. The van der Waals surface area contributed by atoms with Gasteiger partial charge in [-0.1, -0.05) is 5.16 Å². The Bertz CT molecular complexity index is 787. The normalized spacial score (nSPS) is 10.5. The summed E-state index contributed by atoms with van der Waals surface area (Å²) in [5.41, 5.74) is 0.0641. The van der Waals surface area contributed by atoms with Crippen molar-refractivity contribution in [1.82, 2.24) is 5.16 Å². The molecular formula is C13H8N2O5S. The molecule has 0 bridgehead atoms. The highest BCUT2D eigenvalue weighted by Crippen LogP contribution is 2.25. The summed E-state index contributed by atoms with van der Waals surface area (Å²) in [6, 6.07) is 6.19. The van der Waals surface area contributed by atoms with Crippen molar-refractivity contribution in [2.75, 3.05) is 5.32 Å². The van der Waals surface area contributed by atoms with E-state index in [1.54, 1.807) is 17.5 Å². The molecule has 3 rings (SSSR count). The molecule has 0 aliphatic heterocycles. The number of hydrogen-bond acceptors (Lipinski definition) is 6. The van der Waals surface area contributed by atoms with Crippen LogP contribution in [0, 0.1) is 0 Å². The molecule has 0 fully saturated rings. The maximum absolute atomic E-state index is 12.0. The Morgan fingerprint density at radius 1 is 1.29 bits per heavy atom. The summed E-state index contributed by atoms with van der Waals surface area (Å²) in [5, 5.41) is 16.9. The van der Waals surface area contributed by atoms with Gasteiger partial charge < -0.3 is 19.4 Å². The Morgan fingerprint density at radius 3 is 2.86 bits per heavy atom. The number of rotatable bonds is 4. The molecule has 0 aromatic carbocycles. The van der Waals surface area contributed by atoms with E-state index < -0.39 is 11.9 Å². The second kappa shape index (κ2) is 5.25. The van der Waals surface area contributed by atoms with Crippen LogP contribution in [-0.4, -0.2) is 22.1 Å². The zero-order chi connectivity index (χ0) is 14.8. The van der Waals surface area contributed by atoms with E-state index >= 15 is 0 Å². The van der Waals surface area contributed by atoms with Crippen molar-refractivity contribution in [2.45, 2.75) is 0 Å². The molecule has 0 saturated carbocycles. The Morgan fingerprint density at radius 2 is 2.14 bits per heavy atom. The number of nitrogens with zero attached hydrogens (tertiary/aromatic N) is 1. The summed E-state index contributed by atoms with van der Waals surface area (Å²) in [7, 11) is 0. The predicted molar refractivity (Wildman–Crippen MR) is 73.4 cm³/mol. The van der Waals surface area contributed by atoms with Gasteiger partial charge in [0.1, 0.15) is 5.00 Å². The van der Waals surface area contributed by atoms with Crippen molar-refractivity contribution in [1.29, 1.82) is 0 Å². The zero-order valence-electron chi connectivity index (χ0n) is 10.4. The van der Waals surface area contributed by atoms with Crippen LogP contribution in [0.4, 0.5) is 5.00 Å². The van der Waals surface area contributed by atoms with Crippen LogP contribution in [-0.2, 0) is 0 Å². The fraction of sp³-hybridized carbons (Fsp3) is 0. The summed E-state index contributed by atoms with van der Waals surface area (Å²) in [6.07, 6.45) is 1.47. The van der Waals surface area contributed by atoms with Crippen LogP contribution in [0.2, 0.25) is 0 Å².